The van der Waals surface area contributed by atoms with Gasteiger partial charge >= 0.3 is 0 Å². The summed E-state index contributed by atoms with van der Waals surface area (Å²) in [6.07, 6.45) is 1.06. The summed E-state index contributed by atoms with van der Waals surface area (Å²) >= 11 is 6.08. The molecule has 0 aliphatic rings. The number of aryl methyl sites for hydroxylation is 1. The van der Waals surface area contributed by atoms with E-state index < -0.39 is 32.9 Å². The van der Waals surface area contributed by atoms with Gasteiger partial charge in [0.2, 0.25) is 0 Å². The zero-order chi connectivity index (χ0) is 19.9. The molecule has 4 nitrogen and oxygen atoms in total. The van der Waals surface area contributed by atoms with Gasteiger partial charge in [0.15, 0.2) is 15.0 Å². The lowest BCUT2D eigenvalue weighted by atomic mass is 9.94. The van der Waals surface area contributed by atoms with Gasteiger partial charge in [-0.3, -0.25) is 0 Å². The molecule has 140 valence electrons. The smallest absolute Gasteiger partial charge is 0.175 e. The van der Waals surface area contributed by atoms with Crippen molar-refractivity contribution in [1.82, 2.24) is 10.2 Å². The van der Waals surface area contributed by atoms with Gasteiger partial charge in [-0.1, -0.05) is 23.7 Å². The van der Waals surface area contributed by atoms with Gasteiger partial charge < -0.3 is 0 Å². The van der Waals surface area contributed by atoms with Gasteiger partial charge in [-0.2, -0.15) is 5.10 Å². The zero-order valence-corrected chi connectivity index (χ0v) is 15.7. The highest BCUT2D eigenvalue weighted by atomic mass is 35.5. The Balaban J connectivity index is 2.32. The van der Waals surface area contributed by atoms with Crippen molar-refractivity contribution in [2.45, 2.75) is 11.8 Å². The van der Waals surface area contributed by atoms with E-state index in [0.29, 0.717) is 23.4 Å². The molecule has 0 amide bonds. The molecule has 1 heterocycles. The molecule has 3 aromatic rings. The average molecular weight is 413 g/mol. The fraction of sp³-hybridized carbons (Fsp3) is 0.111. The minimum Gasteiger partial charge on any atom is -0.224 e. The largest absolute Gasteiger partial charge is 0.224 e. The summed E-state index contributed by atoms with van der Waals surface area (Å²) in [5.74, 6) is -3.35. The summed E-state index contributed by atoms with van der Waals surface area (Å²) < 4.78 is 65.3. The van der Waals surface area contributed by atoms with Crippen LogP contribution in [0, 0.1) is 24.4 Å². The lowest BCUT2D eigenvalue weighted by molar-refractivity contribution is 0.548. The van der Waals surface area contributed by atoms with Crippen LogP contribution < -0.4 is 0 Å². The number of benzene rings is 2. The van der Waals surface area contributed by atoms with Crippen LogP contribution in [0.2, 0.25) is 5.15 Å². The SMILES string of the molecule is Cc1nnc(Cl)c(-c2c(F)cc(F)cc2F)c1-c1ccc(S(C)(=O)=O)cc1. The number of hydrogen-bond donors (Lipinski definition) is 0. The third kappa shape index (κ3) is 3.68. The first kappa shape index (κ1) is 19.3. The van der Waals surface area contributed by atoms with Crippen molar-refractivity contribution in [2.75, 3.05) is 6.26 Å². The molecule has 0 aliphatic carbocycles. The first-order valence-corrected chi connectivity index (χ1v) is 9.84. The van der Waals surface area contributed by atoms with Crippen molar-refractivity contribution in [3.05, 3.63) is 64.7 Å². The molecule has 1 aromatic heterocycles. The maximum atomic E-state index is 14.4. The third-order valence-electron chi connectivity index (χ3n) is 3.93. The normalized spacial score (nSPS) is 11.6. The second-order valence-corrected chi connectivity index (χ2v) is 8.24. The van der Waals surface area contributed by atoms with Crippen LogP contribution >= 0.6 is 11.6 Å². The Kier molecular flexibility index (Phi) is 4.96. The topological polar surface area (TPSA) is 59.9 Å². The Bertz CT molecular complexity index is 1130. The van der Waals surface area contributed by atoms with E-state index in [1.165, 1.54) is 24.3 Å². The monoisotopic (exact) mass is 412 g/mol. The predicted octanol–water partition coefficient (Wildman–Crippen LogP) is 4.59. The van der Waals surface area contributed by atoms with E-state index in [2.05, 4.69) is 10.2 Å². The van der Waals surface area contributed by atoms with E-state index in [9.17, 15) is 21.6 Å². The van der Waals surface area contributed by atoms with E-state index >= 15 is 0 Å². The second-order valence-electron chi connectivity index (χ2n) is 5.87. The molecule has 0 spiro atoms. The predicted molar refractivity (Wildman–Crippen MR) is 95.6 cm³/mol. The third-order valence-corrected chi connectivity index (χ3v) is 5.33. The van der Waals surface area contributed by atoms with Gasteiger partial charge in [-0.15, -0.1) is 5.10 Å². The lowest BCUT2D eigenvalue weighted by Gasteiger charge is -2.15. The fourth-order valence-electron chi connectivity index (χ4n) is 2.73. The van der Waals surface area contributed by atoms with Gasteiger partial charge in [0.25, 0.3) is 0 Å². The first-order valence-electron chi connectivity index (χ1n) is 7.57. The van der Waals surface area contributed by atoms with E-state index in [0.717, 1.165) is 6.26 Å². The molecule has 0 atom stereocenters. The van der Waals surface area contributed by atoms with Crippen molar-refractivity contribution < 1.29 is 21.6 Å². The van der Waals surface area contributed by atoms with Crippen molar-refractivity contribution in [3.8, 4) is 22.3 Å². The summed E-state index contributed by atoms with van der Waals surface area (Å²) in [6.45, 7) is 1.56. The standard InChI is InChI=1S/C18H12ClF3N2O2S/c1-9-15(10-3-5-12(6-4-10)27(2,25)26)17(18(19)24-23-9)16-13(21)7-11(20)8-14(16)22/h3-8H,1-2H3. The van der Waals surface area contributed by atoms with Crippen molar-refractivity contribution >= 4 is 21.4 Å². The molecule has 0 fully saturated rings. The van der Waals surface area contributed by atoms with Crippen LogP contribution in [-0.2, 0) is 9.84 Å². The summed E-state index contributed by atoms with van der Waals surface area (Å²) in [7, 11) is -3.42. The lowest BCUT2D eigenvalue weighted by Crippen LogP contribution is -2.02. The highest BCUT2D eigenvalue weighted by molar-refractivity contribution is 7.90. The van der Waals surface area contributed by atoms with Crippen LogP contribution in [0.3, 0.4) is 0 Å². The van der Waals surface area contributed by atoms with E-state index in [4.69, 9.17) is 11.6 Å². The average Bonchev–Trinajstić information content (AvgIpc) is 2.56. The highest BCUT2D eigenvalue weighted by Gasteiger charge is 2.23. The quantitative estimate of drug-likeness (QED) is 0.631. The molecule has 0 N–H and O–H groups in total. The van der Waals surface area contributed by atoms with Crippen LogP contribution in [0.15, 0.2) is 41.3 Å². The van der Waals surface area contributed by atoms with Crippen LogP contribution in [0.1, 0.15) is 5.69 Å². The Hall–Kier alpha value is -2.45. The minimum atomic E-state index is -3.42. The Labute approximate surface area is 158 Å². The van der Waals surface area contributed by atoms with Crippen LogP contribution in [0.4, 0.5) is 13.2 Å². The molecule has 0 unspecified atom stereocenters. The van der Waals surface area contributed by atoms with Gasteiger partial charge in [0.1, 0.15) is 17.5 Å². The molecule has 0 saturated heterocycles. The molecule has 0 radical (unpaired) electrons. The molecule has 9 heteroatoms. The van der Waals surface area contributed by atoms with Gasteiger partial charge in [0, 0.05) is 29.5 Å². The van der Waals surface area contributed by atoms with E-state index in [1.807, 2.05) is 0 Å². The summed E-state index contributed by atoms with van der Waals surface area (Å²) in [5, 5.41) is 7.29. The number of nitrogens with zero attached hydrogens (tertiary/aromatic N) is 2. The Morgan fingerprint density at radius 3 is 1.96 bits per heavy atom. The van der Waals surface area contributed by atoms with Crippen molar-refractivity contribution in [2.24, 2.45) is 0 Å². The Morgan fingerprint density at radius 2 is 1.44 bits per heavy atom. The molecule has 3 rings (SSSR count). The fourth-order valence-corrected chi connectivity index (χ4v) is 3.59. The van der Waals surface area contributed by atoms with Crippen LogP contribution in [0.5, 0.6) is 0 Å². The molecule has 0 aliphatic heterocycles. The molecular formula is C18H12ClF3N2O2S. The van der Waals surface area contributed by atoms with E-state index in [-0.39, 0.29) is 21.2 Å². The zero-order valence-electron chi connectivity index (χ0n) is 14.1. The highest BCUT2D eigenvalue weighted by Crippen LogP contribution is 2.40. The molecule has 2 aromatic carbocycles. The van der Waals surface area contributed by atoms with Crippen LogP contribution in [-0.4, -0.2) is 24.9 Å². The van der Waals surface area contributed by atoms with Crippen molar-refractivity contribution in [1.29, 1.82) is 0 Å². The molecule has 0 bridgehead atoms. The maximum absolute atomic E-state index is 14.4. The number of aromatic nitrogens is 2. The van der Waals surface area contributed by atoms with Gasteiger partial charge in [0.05, 0.1) is 16.2 Å². The van der Waals surface area contributed by atoms with Gasteiger partial charge in [-0.05, 0) is 24.6 Å². The summed E-state index contributed by atoms with van der Waals surface area (Å²) in [4.78, 5) is 0.0812. The molecular weight excluding hydrogens is 401 g/mol. The molecule has 27 heavy (non-hydrogen) atoms. The number of halogens is 4. The van der Waals surface area contributed by atoms with Gasteiger partial charge in [-0.25, -0.2) is 21.6 Å². The summed E-state index contributed by atoms with van der Waals surface area (Å²) in [6, 6.07) is 6.75. The summed E-state index contributed by atoms with van der Waals surface area (Å²) in [5.41, 5.74) is 0.367. The first-order chi connectivity index (χ1) is 12.6. The van der Waals surface area contributed by atoms with E-state index in [1.54, 1.807) is 6.92 Å². The van der Waals surface area contributed by atoms with Crippen LogP contribution in [0.25, 0.3) is 22.3 Å². The number of rotatable bonds is 3. The number of hydrogen-bond acceptors (Lipinski definition) is 4. The second kappa shape index (κ2) is 6.94. The minimum absolute atomic E-state index is 0.0812. The Morgan fingerprint density at radius 1 is 0.889 bits per heavy atom. The molecule has 0 saturated carbocycles. The van der Waals surface area contributed by atoms with Crippen molar-refractivity contribution in [3.63, 3.8) is 0 Å². The number of sulfone groups is 1. The maximum Gasteiger partial charge on any atom is 0.175 e.